The first-order chi connectivity index (χ1) is 26.9. The number of benzene rings is 1. The lowest BCUT2D eigenvalue weighted by Crippen LogP contribution is -2.89. The van der Waals surface area contributed by atoms with Crippen LogP contribution >= 0.6 is 0 Å². The van der Waals surface area contributed by atoms with Crippen molar-refractivity contribution in [1.82, 2.24) is 0 Å². The highest BCUT2D eigenvalue weighted by atomic mass is 16.9. The van der Waals surface area contributed by atoms with Crippen molar-refractivity contribution in [3.63, 3.8) is 0 Å². The number of aliphatic hydroxyl groups is 5. The van der Waals surface area contributed by atoms with Gasteiger partial charge in [0.05, 0.1) is 17.8 Å². The van der Waals surface area contributed by atoms with Gasteiger partial charge in [-0.05, 0) is 62.4 Å². The fourth-order valence-electron chi connectivity index (χ4n) is 13.0. The highest BCUT2D eigenvalue weighted by Crippen LogP contribution is 2.75. The van der Waals surface area contributed by atoms with Crippen molar-refractivity contribution in [2.24, 2.45) is 47.3 Å². The van der Waals surface area contributed by atoms with Crippen LogP contribution in [-0.2, 0) is 44.0 Å². The Labute approximate surface area is 333 Å². The number of rotatable bonds is 5. The number of allylic oxidation sites excluding steroid dienone is 2. The molecular weight excluding hydrogens is 736 g/mol. The van der Waals surface area contributed by atoms with Gasteiger partial charge < -0.3 is 54.0 Å². The van der Waals surface area contributed by atoms with Gasteiger partial charge in [-0.1, -0.05) is 77.1 Å². The van der Waals surface area contributed by atoms with Crippen LogP contribution in [0.4, 0.5) is 0 Å². The second-order valence-electron chi connectivity index (χ2n) is 19.3. The van der Waals surface area contributed by atoms with E-state index < -0.39 is 107 Å². The second-order valence-corrected chi connectivity index (χ2v) is 19.3. The third kappa shape index (κ3) is 5.26. The summed E-state index contributed by atoms with van der Waals surface area (Å²) in [5.41, 5.74) is -8.82. The molecule has 4 aliphatic carbocycles. The Morgan fingerprint density at radius 2 is 1.68 bits per heavy atom. The highest BCUT2D eigenvalue weighted by molar-refractivity contribution is 5.82. The summed E-state index contributed by atoms with van der Waals surface area (Å²) in [6.07, 6.45) is 1.15. The zero-order valence-electron chi connectivity index (χ0n) is 33.5. The Bertz CT molecular complexity index is 1830. The molecule has 1 aromatic rings. The molecule has 1 aromatic carbocycles. The normalized spacial score (nSPS) is 54.4. The van der Waals surface area contributed by atoms with E-state index in [1.165, 1.54) is 12.2 Å². The van der Waals surface area contributed by atoms with Gasteiger partial charge in [0.1, 0.15) is 53.4 Å². The molecule has 5 heterocycles. The zero-order valence-corrected chi connectivity index (χ0v) is 33.5. The molecule has 0 amide bonds. The molecule has 312 valence electrons. The molecule has 0 aromatic heterocycles. The smallest absolute Gasteiger partial charge is 0.331 e. The summed E-state index contributed by atoms with van der Waals surface area (Å²) in [6.45, 7) is 10.6. The number of aliphatic hydroxyl groups excluding tert-OH is 2. The SMILES string of the molecule is CC(C)CC(=O)O[C@@H]1/C=C\C=C\C(=O)O[C@H]2[C@@H](C)C[C@@H]3[C@]2(O)[C@H](O)[C@@]2(CO)O[C@H]2[C@H]2[C@H]4OC5(c6ccccc6)O[C@@H]([C@@H](C)[C@@]23O5)[C@@]4(O)[C@](C)(O)C[C@H]2CC[C@H]1[C@H]2C. The maximum atomic E-state index is 13.7. The molecule has 4 saturated carbocycles. The summed E-state index contributed by atoms with van der Waals surface area (Å²) in [7, 11) is 0. The van der Waals surface area contributed by atoms with Crippen LogP contribution in [0.15, 0.2) is 54.6 Å². The van der Waals surface area contributed by atoms with Crippen molar-refractivity contribution >= 4 is 11.9 Å². The molecule has 5 aliphatic heterocycles. The van der Waals surface area contributed by atoms with E-state index in [1.807, 2.05) is 45.9 Å². The van der Waals surface area contributed by atoms with E-state index >= 15 is 0 Å². The number of hydrogen-bond acceptors (Lipinski definition) is 13. The van der Waals surface area contributed by atoms with E-state index in [2.05, 4.69) is 6.92 Å². The molecule has 0 radical (unpaired) electrons. The number of hydrogen-bond donors (Lipinski definition) is 5. The number of epoxide rings is 1. The molecule has 8 fully saturated rings. The first kappa shape index (κ1) is 39.7. The van der Waals surface area contributed by atoms with Crippen LogP contribution in [0.5, 0.6) is 0 Å². The average Bonchev–Trinajstić information content (AvgIpc) is 3.72. The van der Waals surface area contributed by atoms with Gasteiger partial charge in [0.2, 0.25) is 0 Å². The monoisotopic (exact) mass is 794 g/mol. The van der Waals surface area contributed by atoms with Gasteiger partial charge in [0, 0.05) is 41.7 Å². The lowest BCUT2D eigenvalue weighted by atomic mass is 9.49. The molecule has 10 bridgehead atoms. The zero-order chi connectivity index (χ0) is 40.7. The molecule has 1 spiro atoms. The Morgan fingerprint density at radius 3 is 2.39 bits per heavy atom. The first-order valence-corrected chi connectivity index (χ1v) is 20.9. The lowest BCUT2D eigenvalue weighted by Gasteiger charge is -2.74. The van der Waals surface area contributed by atoms with E-state index in [4.69, 9.17) is 28.4 Å². The Morgan fingerprint density at radius 1 is 0.965 bits per heavy atom. The molecule has 5 N–H and O–H groups in total. The van der Waals surface area contributed by atoms with Crippen molar-refractivity contribution in [2.45, 2.75) is 144 Å². The summed E-state index contributed by atoms with van der Waals surface area (Å²) in [5.74, 6) is -6.33. The summed E-state index contributed by atoms with van der Waals surface area (Å²) in [5, 5.41) is 63.3. The van der Waals surface area contributed by atoms with Crippen molar-refractivity contribution in [1.29, 1.82) is 0 Å². The van der Waals surface area contributed by atoms with Crippen LogP contribution in [0.1, 0.15) is 79.2 Å². The lowest BCUT2D eigenvalue weighted by molar-refractivity contribution is -0.595. The Kier molecular flexibility index (Phi) is 9.16. The minimum absolute atomic E-state index is 0.0620. The van der Waals surface area contributed by atoms with E-state index in [0.29, 0.717) is 18.4 Å². The maximum Gasteiger partial charge on any atom is 0.331 e. The molecular formula is C44H58O13. The summed E-state index contributed by atoms with van der Waals surface area (Å²) in [4.78, 5) is 26.7. The molecule has 1 unspecified atom stereocenters. The standard InChI is InChI=1S/C44H58O13/c1-22(2)18-32(47)52-29-14-10-11-15-31(46)53-34-23(3)19-30-41(34,50)38(48)40(21-45)36(54-40)33-37-43(51,39(6,49)20-26-16-17-28(29)24(26)4)35-25(5)42(30,33)57-44(55-35,56-37)27-12-8-7-9-13-27/h7-15,22-26,28-30,33-38,45,48-51H,16-21H2,1-6H3/b14-10-,15-11+/t23-,24-,25+,26+,28-,29+,30+,33-,34-,35-,36-,37+,38+,39+,40-,41+,42-,43-,44?/m0/s1. The Balaban J connectivity index is 1.22. The van der Waals surface area contributed by atoms with Gasteiger partial charge in [-0.25, -0.2) is 4.79 Å². The molecule has 4 saturated heterocycles. The highest BCUT2D eigenvalue weighted by Gasteiger charge is 2.91. The molecule has 19 atom stereocenters. The summed E-state index contributed by atoms with van der Waals surface area (Å²) < 4.78 is 39.5. The predicted octanol–water partition coefficient (Wildman–Crippen LogP) is 3.04. The van der Waals surface area contributed by atoms with Gasteiger partial charge in [0.25, 0.3) is 0 Å². The molecule has 57 heavy (non-hydrogen) atoms. The van der Waals surface area contributed by atoms with E-state index in [0.717, 1.165) is 0 Å². The van der Waals surface area contributed by atoms with Crippen molar-refractivity contribution in [3.05, 3.63) is 60.2 Å². The van der Waals surface area contributed by atoms with Crippen LogP contribution in [0.3, 0.4) is 0 Å². The van der Waals surface area contributed by atoms with E-state index in [-0.39, 0.29) is 48.9 Å². The summed E-state index contributed by atoms with van der Waals surface area (Å²) >= 11 is 0. The third-order valence-electron chi connectivity index (χ3n) is 15.8. The van der Waals surface area contributed by atoms with Crippen LogP contribution in [0.2, 0.25) is 0 Å². The van der Waals surface area contributed by atoms with Crippen molar-refractivity contribution in [3.8, 4) is 0 Å². The van der Waals surface area contributed by atoms with Gasteiger partial charge >= 0.3 is 17.9 Å². The minimum atomic E-state index is -2.21. The maximum absolute atomic E-state index is 13.7. The largest absolute Gasteiger partial charge is 0.458 e. The Hall–Kier alpha value is -2.72. The number of carbonyl (C=O) groups is 2. The topological polar surface area (TPSA) is 194 Å². The van der Waals surface area contributed by atoms with Crippen LogP contribution in [-0.4, -0.2) is 109 Å². The van der Waals surface area contributed by atoms with E-state index in [1.54, 1.807) is 31.2 Å². The van der Waals surface area contributed by atoms with Crippen LogP contribution in [0, 0.1) is 47.3 Å². The number of carbonyl (C=O) groups excluding carboxylic acids is 2. The van der Waals surface area contributed by atoms with Gasteiger partial charge in [-0.2, -0.15) is 0 Å². The van der Waals surface area contributed by atoms with E-state index in [9.17, 15) is 35.1 Å². The number of fused-ring (bicyclic) bond motifs is 3. The number of esters is 2. The molecule has 13 nitrogen and oxygen atoms in total. The molecule has 9 aliphatic rings. The summed E-state index contributed by atoms with van der Waals surface area (Å²) in [6, 6.07) is 9.04. The van der Waals surface area contributed by atoms with Gasteiger partial charge in [-0.15, -0.1) is 0 Å². The molecule has 10 rings (SSSR count). The van der Waals surface area contributed by atoms with Crippen LogP contribution < -0.4 is 0 Å². The quantitative estimate of drug-likeness (QED) is 0.216. The average molecular weight is 795 g/mol. The van der Waals surface area contributed by atoms with Crippen LogP contribution in [0.25, 0.3) is 0 Å². The van der Waals surface area contributed by atoms with Crippen molar-refractivity contribution in [2.75, 3.05) is 6.61 Å². The molecule has 13 heteroatoms. The predicted molar refractivity (Wildman–Crippen MR) is 200 cm³/mol. The minimum Gasteiger partial charge on any atom is -0.458 e. The number of ether oxygens (including phenoxy) is 6. The van der Waals surface area contributed by atoms with Crippen molar-refractivity contribution < 1.29 is 63.5 Å². The van der Waals surface area contributed by atoms with Gasteiger partial charge in [-0.3, -0.25) is 4.79 Å². The second kappa shape index (κ2) is 13.1. The third-order valence-corrected chi connectivity index (χ3v) is 15.8. The fraction of sp³-hybridized carbons (Fsp3) is 0.727. The fourth-order valence-corrected chi connectivity index (χ4v) is 13.0. The van der Waals surface area contributed by atoms with Gasteiger partial charge in [0.15, 0.2) is 0 Å². The first-order valence-electron chi connectivity index (χ1n) is 20.9.